The van der Waals surface area contributed by atoms with Crippen LogP contribution in [0.5, 0.6) is 11.8 Å². The van der Waals surface area contributed by atoms with Crippen LogP contribution in [0.4, 0.5) is 17.1 Å². The number of aryl methyl sites for hydroxylation is 2. The molecule has 0 aliphatic carbocycles. The topological polar surface area (TPSA) is 81.1 Å². The van der Waals surface area contributed by atoms with Gasteiger partial charge >= 0.3 is 62.7 Å². The fraction of sp³-hybridized carbons (Fsp3) is 0.239. The van der Waals surface area contributed by atoms with E-state index in [-0.39, 0.29) is 64.0 Å². The monoisotopic (exact) mass is 914 g/mol. The Kier molecular flexibility index (Phi) is 21.9. The van der Waals surface area contributed by atoms with Crippen molar-refractivity contribution >= 4 is 58.2 Å². The molecular weight excluding hydrogens is 868 g/mol. The van der Waals surface area contributed by atoms with Gasteiger partial charge in [0.2, 0.25) is 17.4 Å². The van der Waals surface area contributed by atoms with Crippen molar-refractivity contribution in [1.82, 2.24) is 9.97 Å². The number of anilines is 2. The van der Waals surface area contributed by atoms with Gasteiger partial charge in [0.1, 0.15) is 12.2 Å². The van der Waals surface area contributed by atoms with Crippen molar-refractivity contribution < 1.29 is 53.4 Å². The van der Waals surface area contributed by atoms with E-state index in [4.69, 9.17) is 42.1 Å². The molecule has 2 aliphatic rings. The molecule has 2 aromatic heterocycles. The largest absolute Gasteiger partial charge is 1.00 e. The Morgan fingerprint density at radius 2 is 1.15 bits per heavy atom. The zero-order chi connectivity index (χ0) is 40.0. The number of hydrogen-bond acceptors (Lipinski definition) is 7. The molecule has 0 saturated carbocycles. The van der Waals surface area contributed by atoms with E-state index in [1.807, 2.05) is 80.8 Å². The van der Waals surface area contributed by atoms with Crippen molar-refractivity contribution in [2.75, 3.05) is 36.0 Å². The van der Waals surface area contributed by atoms with Crippen molar-refractivity contribution in [2.45, 2.75) is 45.4 Å². The van der Waals surface area contributed by atoms with Gasteiger partial charge in [0.25, 0.3) is 0 Å². The Bertz CT molecular complexity index is 2230. The minimum absolute atomic E-state index is 0. The number of halogens is 3. The molecule has 8 rings (SSSR count). The van der Waals surface area contributed by atoms with Gasteiger partial charge in [0.15, 0.2) is 0 Å². The van der Waals surface area contributed by atoms with E-state index >= 15 is 0 Å². The van der Waals surface area contributed by atoms with Crippen LogP contribution in [-0.2, 0) is 19.4 Å². The van der Waals surface area contributed by atoms with E-state index in [1.54, 1.807) is 0 Å². The van der Waals surface area contributed by atoms with E-state index in [1.165, 1.54) is 22.4 Å². The van der Waals surface area contributed by atoms with E-state index < -0.39 is 0 Å². The molecule has 6 aromatic rings. The third kappa shape index (κ3) is 14.2. The molecule has 308 valence electrons. The first-order valence-corrected chi connectivity index (χ1v) is 21.7. The molecule has 0 unspecified atom stereocenters. The predicted molar refractivity (Wildman–Crippen MR) is 244 cm³/mol. The second-order valence-corrected chi connectivity index (χ2v) is 15.7. The molecule has 2 N–H and O–H groups in total. The molecule has 60 heavy (non-hydrogen) atoms. The van der Waals surface area contributed by atoms with Crippen LogP contribution in [0.2, 0.25) is 0 Å². The average molecular weight is 916 g/mol. The van der Waals surface area contributed by atoms with Gasteiger partial charge in [-0.1, -0.05) is 84.9 Å². The number of pyridine rings is 2. The summed E-state index contributed by atoms with van der Waals surface area (Å²) in [6.07, 6.45) is 5.82. The standard InChI is InChI=1S/C23H21N3O.C23H25N3O.B.3ClH.Co.Na.H/c1-17-8-11-23(25-15-17)27-20-12-13-26(16-20)22-10-9-19(14-21(22)24-2)18-6-4-3-5-7-18;1-17-7-10-23(25-15-17)27-21-11-12-26(16-21)22-9-8-19(13-20(22)14-24)18-5-3-2-4-6-18;;;;;;;/h3-11,14-15,20H,12-13,16H2,1H3;2-10,13,15,21H,11-12,14,16,24H2,1H3;;3*1H;;;/q;;;;;;+2;+1;-1/p-2/t20-;21-;;;;;;;/m00......./s1. The molecule has 4 aromatic carbocycles. The number of hydrogen-bond donors (Lipinski definition) is 1. The first kappa shape index (κ1) is 50.6. The predicted octanol–water partition coefficient (Wildman–Crippen LogP) is 7.97. The van der Waals surface area contributed by atoms with Crippen molar-refractivity contribution in [2.24, 2.45) is 5.73 Å². The first-order chi connectivity index (χ1) is 27.9. The zero-order valence-corrected chi connectivity index (χ0v) is 39.4. The number of nitrogens with zero attached hydrogens (tertiary/aromatic N) is 5. The minimum Gasteiger partial charge on any atom is -1.00 e. The normalized spacial score (nSPS) is 15.1. The number of nitrogens with two attached hydrogens (primary N) is 1. The molecule has 4 heterocycles. The van der Waals surface area contributed by atoms with Crippen LogP contribution < -0.4 is 54.6 Å². The van der Waals surface area contributed by atoms with E-state index in [0.29, 0.717) is 36.9 Å². The summed E-state index contributed by atoms with van der Waals surface area (Å²) in [7, 11) is 9.47. The Labute approximate surface area is 401 Å². The van der Waals surface area contributed by atoms with Gasteiger partial charge in [-0.05, 0) is 77.1 Å². The van der Waals surface area contributed by atoms with Crippen LogP contribution in [0.15, 0.2) is 134 Å². The minimum atomic E-state index is 0. The molecule has 14 heteroatoms. The number of rotatable bonds is 9. The number of benzene rings is 4. The summed E-state index contributed by atoms with van der Waals surface area (Å²) < 4.78 is 12.1. The van der Waals surface area contributed by atoms with Crippen LogP contribution in [0.25, 0.3) is 27.1 Å². The molecule has 0 spiro atoms. The number of ether oxygens (including phenoxy) is 2. The molecule has 3 radical (unpaired) electrons. The average Bonchev–Trinajstić information content (AvgIpc) is 3.93. The van der Waals surface area contributed by atoms with Crippen LogP contribution in [0.1, 0.15) is 31.0 Å². The third-order valence-corrected chi connectivity index (χ3v) is 9.92. The van der Waals surface area contributed by atoms with E-state index in [0.717, 1.165) is 67.0 Å². The zero-order valence-electron chi connectivity index (χ0n) is 35.0. The second-order valence-electron chi connectivity index (χ2n) is 13.9. The van der Waals surface area contributed by atoms with Crippen molar-refractivity contribution in [3.05, 3.63) is 162 Å². The Morgan fingerprint density at radius 3 is 1.58 bits per heavy atom. The maximum Gasteiger partial charge on any atom is 1.00 e. The van der Waals surface area contributed by atoms with Gasteiger partial charge < -0.3 is 26.4 Å². The van der Waals surface area contributed by atoms with Gasteiger partial charge in [-0.25, -0.2) is 14.8 Å². The fourth-order valence-electron chi connectivity index (χ4n) is 7.03. The summed E-state index contributed by atoms with van der Waals surface area (Å²) in [5, 5.41) is 0. The molecule has 8 nitrogen and oxygen atoms in total. The van der Waals surface area contributed by atoms with Crippen LogP contribution >= 0.6 is 32.7 Å². The summed E-state index contributed by atoms with van der Waals surface area (Å²) >= 11 is 0.382. The molecule has 0 bridgehead atoms. The molecular formula is C46H48BCl3CoN6NaO2. The van der Waals surface area contributed by atoms with Crippen LogP contribution in [0.3, 0.4) is 0 Å². The molecule has 2 atom stereocenters. The third-order valence-electron chi connectivity index (χ3n) is 9.92. The van der Waals surface area contributed by atoms with E-state index in [9.17, 15) is 0 Å². The summed E-state index contributed by atoms with van der Waals surface area (Å²) in [4.78, 5) is 17.1. The molecule has 2 fully saturated rings. The summed E-state index contributed by atoms with van der Waals surface area (Å²) in [5.41, 5.74) is 17.0. The van der Waals surface area contributed by atoms with Crippen LogP contribution in [0, 0.1) is 20.4 Å². The van der Waals surface area contributed by atoms with Crippen molar-refractivity contribution in [3.63, 3.8) is 0 Å². The summed E-state index contributed by atoms with van der Waals surface area (Å²) in [6.45, 7) is 15.6. The summed E-state index contributed by atoms with van der Waals surface area (Å²) in [6, 6.07) is 41.2. The van der Waals surface area contributed by atoms with Gasteiger partial charge in [-0.2, -0.15) is 0 Å². The Balaban J connectivity index is 0.000000372. The molecule has 2 saturated heterocycles. The second kappa shape index (κ2) is 25.9. The van der Waals surface area contributed by atoms with Gasteiger partial charge in [0.05, 0.1) is 19.7 Å². The maximum absolute atomic E-state index is 7.61. The molecule has 0 amide bonds. The SMILES string of the molecule is Cc1ccc(O[C@H]2CCN(c3ccc(-c4ccccc4)cc3CN)C2)nc1.Cl.[B].[C-]#[N+]c1cc(-c2ccccc2)ccc1N1CC[C@H](Oc2ccc(C)cn2)C1.[Cl][Co][Cl].[H-].[Na+]. The Morgan fingerprint density at radius 1 is 0.700 bits per heavy atom. The van der Waals surface area contributed by atoms with Gasteiger partial charge in [0, 0.05) is 76.8 Å². The summed E-state index contributed by atoms with van der Waals surface area (Å²) in [5.74, 6) is 1.36. The van der Waals surface area contributed by atoms with Gasteiger partial charge in [-0.3, -0.25) is 0 Å². The first-order valence-electron chi connectivity index (χ1n) is 18.8. The van der Waals surface area contributed by atoms with Crippen molar-refractivity contribution in [1.29, 1.82) is 0 Å². The fourth-order valence-corrected chi connectivity index (χ4v) is 7.03. The van der Waals surface area contributed by atoms with E-state index in [2.05, 4.69) is 91.3 Å². The smallest absolute Gasteiger partial charge is 1.00 e. The number of aromatic nitrogens is 2. The van der Waals surface area contributed by atoms with Gasteiger partial charge in [-0.15, -0.1) is 12.4 Å². The quantitative estimate of drug-likeness (QED) is 0.117. The maximum atomic E-state index is 7.61. The Hall–Kier alpha value is -3.73. The van der Waals surface area contributed by atoms with Crippen LogP contribution in [-0.4, -0.2) is 56.8 Å². The molecule has 2 aliphatic heterocycles. The van der Waals surface area contributed by atoms with Crippen molar-refractivity contribution in [3.8, 4) is 34.0 Å².